The molecular weight excluding hydrogens is 361 g/mol. The smallest absolute Gasteiger partial charge is 0.155 e. The molecule has 0 aromatic carbocycles. The van der Waals surface area contributed by atoms with Crippen molar-refractivity contribution >= 4 is 5.69 Å². The van der Waals surface area contributed by atoms with Crippen molar-refractivity contribution in [3.05, 3.63) is 42.6 Å². The molecule has 0 radical (unpaired) electrons. The van der Waals surface area contributed by atoms with E-state index in [1.54, 1.807) is 35.6 Å². The second-order valence-electron chi connectivity index (χ2n) is 7.59. The predicted octanol–water partition coefficient (Wildman–Crippen LogP) is 2.73. The highest BCUT2D eigenvalue weighted by Crippen LogP contribution is 2.24. The number of halogens is 1. The highest BCUT2D eigenvalue weighted by atomic mass is 19.1. The third-order valence-corrected chi connectivity index (χ3v) is 4.66. The van der Waals surface area contributed by atoms with Crippen molar-refractivity contribution in [3.63, 3.8) is 0 Å². The van der Waals surface area contributed by atoms with Gasteiger partial charge >= 0.3 is 0 Å². The molecule has 1 fully saturated rings. The molecule has 4 heterocycles. The van der Waals surface area contributed by atoms with E-state index in [0.29, 0.717) is 25.3 Å². The fourth-order valence-corrected chi connectivity index (χ4v) is 3.09. The third-order valence-electron chi connectivity index (χ3n) is 4.66. The van der Waals surface area contributed by atoms with E-state index in [0.717, 1.165) is 30.1 Å². The van der Waals surface area contributed by atoms with Crippen molar-refractivity contribution in [1.29, 1.82) is 0 Å². The Labute approximate surface area is 162 Å². The van der Waals surface area contributed by atoms with E-state index in [1.807, 2.05) is 24.5 Å². The number of alkyl halides is 1. The van der Waals surface area contributed by atoms with E-state index in [9.17, 15) is 4.39 Å². The number of rotatable bonds is 7. The van der Waals surface area contributed by atoms with Gasteiger partial charge in [0.05, 0.1) is 36.4 Å². The summed E-state index contributed by atoms with van der Waals surface area (Å²) >= 11 is 0. The zero-order valence-electron chi connectivity index (χ0n) is 16.0. The number of pyridine rings is 1. The van der Waals surface area contributed by atoms with Gasteiger partial charge in [0.1, 0.15) is 11.4 Å². The Morgan fingerprint density at radius 3 is 2.96 bits per heavy atom. The van der Waals surface area contributed by atoms with Gasteiger partial charge in [0.25, 0.3) is 0 Å². The van der Waals surface area contributed by atoms with E-state index in [4.69, 9.17) is 4.74 Å². The lowest BCUT2D eigenvalue weighted by atomic mass is 10.0. The number of ether oxygens (including phenoxy) is 1. The first-order valence-corrected chi connectivity index (χ1v) is 9.43. The normalized spacial score (nSPS) is 17.2. The van der Waals surface area contributed by atoms with Crippen molar-refractivity contribution in [3.8, 4) is 11.5 Å². The monoisotopic (exact) mass is 385 g/mol. The Kier molecular flexibility index (Phi) is 5.08. The molecule has 1 saturated heterocycles. The van der Waals surface area contributed by atoms with Crippen LogP contribution in [0.5, 0.6) is 0 Å². The molecule has 1 atom stereocenters. The molecule has 1 N–H and O–H groups in total. The van der Waals surface area contributed by atoms with E-state index >= 15 is 0 Å². The van der Waals surface area contributed by atoms with E-state index in [2.05, 4.69) is 25.7 Å². The highest BCUT2D eigenvalue weighted by molar-refractivity contribution is 5.62. The van der Waals surface area contributed by atoms with Gasteiger partial charge in [-0.15, -0.1) is 5.10 Å². The zero-order chi connectivity index (χ0) is 19.6. The summed E-state index contributed by atoms with van der Waals surface area (Å²) in [7, 11) is 0. The van der Waals surface area contributed by atoms with Gasteiger partial charge in [-0.2, -0.15) is 5.10 Å². The number of aryl methyl sites for hydroxylation is 1. The molecular formula is C19H24FN7O. The zero-order valence-corrected chi connectivity index (χ0v) is 16.0. The molecule has 0 bridgehead atoms. The summed E-state index contributed by atoms with van der Waals surface area (Å²) in [6.45, 7) is 4.55. The van der Waals surface area contributed by atoms with E-state index < -0.39 is 5.67 Å². The lowest BCUT2D eigenvalue weighted by molar-refractivity contribution is 0.195. The lowest BCUT2D eigenvalue weighted by Gasteiger charge is -2.16. The molecule has 0 amide bonds. The van der Waals surface area contributed by atoms with Crippen LogP contribution in [0.1, 0.15) is 32.4 Å². The largest absolute Gasteiger partial charge is 0.379 e. The van der Waals surface area contributed by atoms with Crippen molar-refractivity contribution in [2.45, 2.75) is 44.8 Å². The van der Waals surface area contributed by atoms with E-state index in [1.165, 1.54) is 0 Å². The molecule has 1 unspecified atom stereocenters. The number of nitrogens with zero attached hydrogens (tertiary/aromatic N) is 6. The van der Waals surface area contributed by atoms with Crippen LogP contribution in [0.2, 0.25) is 0 Å². The number of hydrogen-bond acceptors (Lipinski definition) is 6. The van der Waals surface area contributed by atoms with Crippen LogP contribution in [0.3, 0.4) is 0 Å². The minimum absolute atomic E-state index is 0.224. The molecule has 9 heteroatoms. The molecule has 0 spiro atoms. The van der Waals surface area contributed by atoms with Crippen LogP contribution in [0.25, 0.3) is 11.5 Å². The molecule has 8 nitrogen and oxygen atoms in total. The first-order chi connectivity index (χ1) is 13.5. The second kappa shape index (κ2) is 7.67. The van der Waals surface area contributed by atoms with Gasteiger partial charge in [0.2, 0.25) is 0 Å². The van der Waals surface area contributed by atoms with Crippen LogP contribution in [0.4, 0.5) is 10.1 Å². The van der Waals surface area contributed by atoms with Crippen molar-refractivity contribution < 1.29 is 9.13 Å². The summed E-state index contributed by atoms with van der Waals surface area (Å²) in [6, 6.07) is 4.01. The van der Waals surface area contributed by atoms with Crippen LogP contribution >= 0.6 is 0 Å². The summed E-state index contributed by atoms with van der Waals surface area (Å²) in [5, 5.41) is 16.2. The molecule has 1 aliphatic rings. The maximum Gasteiger partial charge on any atom is 0.155 e. The summed E-state index contributed by atoms with van der Waals surface area (Å²) in [5.74, 6) is 0.703. The van der Waals surface area contributed by atoms with Crippen LogP contribution in [0, 0.1) is 0 Å². The summed E-state index contributed by atoms with van der Waals surface area (Å²) in [6.07, 6.45) is 8.99. The van der Waals surface area contributed by atoms with Gasteiger partial charge in [-0.25, -0.2) is 18.7 Å². The minimum Gasteiger partial charge on any atom is -0.379 e. The van der Waals surface area contributed by atoms with Crippen molar-refractivity contribution in [2.24, 2.45) is 0 Å². The standard InChI is InChI=1S/C19H24FN7O/c1-19(2,20)6-4-14-12-27(25-24-14)17-11-21-18(26-8-3-7-22-26)10-16(17)23-15-5-9-28-13-15/h3,7-8,10-12,15H,4-6,9,13H2,1-2H3,(H,21,23). The van der Waals surface area contributed by atoms with Crippen LogP contribution in [0.15, 0.2) is 36.9 Å². The fourth-order valence-electron chi connectivity index (χ4n) is 3.09. The quantitative estimate of drug-likeness (QED) is 0.673. The molecule has 0 saturated carbocycles. The van der Waals surface area contributed by atoms with Gasteiger partial charge in [0, 0.05) is 25.1 Å². The number of aromatic nitrogens is 6. The summed E-state index contributed by atoms with van der Waals surface area (Å²) in [4.78, 5) is 4.51. The van der Waals surface area contributed by atoms with Crippen LogP contribution in [-0.4, -0.2) is 54.7 Å². The number of hydrogen-bond donors (Lipinski definition) is 1. The summed E-state index contributed by atoms with van der Waals surface area (Å²) in [5.41, 5.74) is 1.17. The first-order valence-electron chi connectivity index (χ1n) is 9.43. The first kappa shape index (κ1) is 18.5. The van der Waals surface area contributed by atoms with Crippen molar-refractivity contribution in [1.82, 2.24) is 29.8 Å². The van der Waals surface area contributed by atoms with E-state index in [-0.39, 0.29) is 6.04 Å². The number of anilines is 1. The SMILES string of the molecule is CC(C)(F)CCc1cn(-c2cnc(-n3cccn3)cc2NC2CCOC2)nn1. The van der Waals surface area contributed by atoms with Gasteiger partial charge in [-0.1, -0.05) is 5.21 Å². The topological polar surface area (TPSA) is 82.7 Å². The summed E-state index contributed by atoms with van der Waals surface area (Å²) < 4.78 is 22.6. The Bertz CT molecular complexity index is 911. The van der Waals surface area contributed by atoms with Crippen LogP contribution < -0.4 is 5.32 Å². The lowest BCUT2D eigenvalue weighted by Crippen LogP contribution is -2.20. The highest BCUT2D eigenvalue weighted by Gasteiger charge is 2.20. The van der Waals surface area contributed by atoms with Gasteiger partial charge in [-0.3, -0.25) is 0 Å². The molecule has 0 aliphatic carbocycles. The van der Waals surface area contributed by atoms with Gasteiger partial charge < -0.3 is 10.1 Å². The molecule has 1 aliphatic heterocycles. The molecule has 28 heavy (non-hydrogen) atoms. The van der Waals surface area contributed by atoms with Crippen LogP contribution in [-0.2, 0) is 11.2 Å². The number of nitrogens with one attached hydrogen (secondary N) is 1. The molecule has 3 aromatic heterocycles. The minimum atomic E-state index is -1.23. The predicted molar refractivity (Wildman–Crippen MR) is 103 cm³/mol. The Hall–Kier alpha value is -2.81. The molecule has 3 aromatic rings. The van der Waals surface area contributed by atoms with Gasteiger partial charge in [0.15, 0.2) is 5.82 Å². The fraction of sp³-hybridized carbons (Fsp3) is 0.474. The molecule has 148 valence electrons. The second-order valence-corrected chi connectivity index (χ2v) is 7.59. The average Bonchev–Trinajstić information content (AvgIpc) is 3.41. The maximum absolute atomic E-state index is 13.8. The third kappa shape index (κ3) is 4.36. The Morgan fingerprint density at radius 2 is 2.25 bits per heavy atom. The maximum atomic E-state index is 13.8. The molecule has 4 rings (SSSR count). The Balaban J connectivity index is 1.62. The average molecular weight is 385 g/mol. The van der Waals surface area contributed by atoms with Crippen molar-refractivity contribution in [2.75, 3.05) is 18.5 Å². The van der Waals surface area contributed by atoms with Gasteiger partial charge in [-0.05, 0) is 39.2 Å². The Morgan fingerprint density at radius 1 is 1.36 bits per heavy atom.